The van der Waals surface area contributed by atoms with Gasteiger partial charge >= 0.3 is 0 Å². The van der Waals surface area contributed by atoms with Crippen LogP contribution < -0.4 is 0 Å². The minimum atomic E-state index is 0.593. The van der Waals surface area contributed by atoms with Crippen molar-refractivity contribution < 1.29 is 0 Å². The maximum Gasteiger partial charge on any atom is 0.0658 e. The molecule has 4 aliphatic carbocycles. The van der Waals surface area contributed by atoms with Crippen molar-refractivity contribution >= 4 is 0 Å². The predicted octanol–water partition coefficient (Wildman–Crippen LogP) is 8.54. The Bertz CT molecular complexity index is 1210. The number of nitrogens with zero attached hydrogens (tertiary/aromatic N) is 6. The lowest BCUT2D eigenvalue weighted by Gasteiger charge is -2.07. The summed E-state index contributed by atoms with van der Waals surface area (Å²) < 4.78 is 6.48. The summed E-state index contributed by atoms with van der Waals surface area (Å²) in [4.78, 5) is 0. The van der Waals surface area contributed by atoms with E-state index in [1.807, 2.05) is 11.7 Å². The molecular weight excluding hydrogens is 480 g/mol. The molecule has 4 fully saturated rings. The molecule has 7 rings (SSSR count). The lowest BCUT2D eigenvalue weighted by molar-refractivity contribution is 0.578. The van der Waals surface area contributed by atoms with Crippen molar-refractivity contribution in [3.63, 3.8) is 0 Å². The largest absolute Gasteiger partial charge is 0.272 e. The minimum Gasteiger partial charge on any atom is -0.272 e. The van der Waals surface area contributed by atoms with Gasteiger partial charge in [-0.25, -0.2) is 0 Å². The van der Waals surface area contributed by atoms with E-state index in [-0.39, 0.29) is 0 Å². The van der Waals surface area contributed by atoms with Gasteiger partial charge in [-0.2, -0.15) is 15.3 Å². The molecule has 6 nitrogen and oxygen atoms in total. The van der Waals surface area contributed by atoms with Crippen LogP contribution in [-0.2, 0) is 13.6 Å². The van der Waals surface area contributed by atoms with Crippen LogP contribution in [0.5, 0.6) is 0 Å². The van der Waals surface area contributed by atoms with Crippen molar-refractivity contribution in [1.29, 1.82) is 0 Å². The van der Waals surface area contributed by atoms with Crippen LogP contribution in [0.15, 0.2) is 18.2 Å². The maximum absolute atomic E-state index is 4.77. The molecule has 0 aliphatic heterocycles. The summed E-state index contributed by atoms with van der Waals surface area (Å²) in [6.45, 7) is 16.6. The topological polar surface area (TPSA) is 53.5 Å². The van der Waals surface area contributed by atoms with Crippen LogP contribution in [0.2, 0.25) is 0 Å². The first-order valence-electron chi connectivity index (χ1n) is 15.9. The molecule has 6 heteroatoms. The molecule has 0 spiro atoms. The molecule has 0 amide bonds. The maximum atomic E-state index is 4.77. The molecule has 0 radical (unpaired) electrons. The van der Waals surface area contributed by atoms with Gasteiger partial charge in [0.05, 0.1) is 23.1 Å². The van der Waals surface area contributed by atoms with E-state index in [1.165, 1.54) is 85.5 Å². The van der Waals surface area contributed by atoms with Gasteiger partial charge in [0.25, 0.3) is 0 Å². The highest BCUT2D eigenvalue weighted by molar-refractivity contribution is 5.23. The van der Waals surface area contributed by atoms with Crippen molar-refractivity contribution in [3.8, 4) is 0 Å². The Labute approximate surface area is 236 Å². The highest BCUT2D eigenvalue weighted by Gasteiger charge is 2.32. The molecule has 0 aromatic carbocycles. The lowest BCUT2D eigenvalue weighted by atomic mass is 10.1. The van der Waals surface area contributed by atoms with E-state index in [9.17, 15) is 0 Å². The highest BCUT2D eigenvalue weighted by Crippen LogP contribution is 2.43. The summed E-state index contributed by atoms with van der Waals surface area (Å²) in [5, 5.41) is 13.9. The summed E-state index contributed by atoms with van der Waals surface area (Å²) in [7, 11) is 2.04. The zero-order valence-electron chi connectivity index (χ0n) is 25.8. The first-order valence-corrected chi connectivity index (χ1v) is 15.9. The van der Waals surface area contributed by atoms with E-state index in [1.54, 1.807) is 0 Å². The number of hydrogen-bond acceptors (Lipinski definition) is 3. The average Bonchev–Trinajstić information content (AvgIpc) is 3.71. The van der Waals surface area contributed by atoms with Crippen LogP contribution in [0.4, 0.5) is 0 Å². The summed E-state index contributed by atoms with van der Waals surface area (Å²) in [6.07, 6.45) is 10.8. The van der Waals surface area contributed by atoms with Crippen molar-refractivity contribution in [1.82, 2.24) is 29.3 Å². The molecule has 214 valence electrons. The van der Waals surface area contributed by atoms with Gasteiger partial charge in [0.1, 0.15) is 0 Å². The lowest BCUT2D eigenvalue weighted by Crippen LogP contribution is -2.03. The van der Waals surface area contributed by atoms with Crippen LogP contribution in [0.3, 0.4) is 0 Å². The van der Waals surface area contributed by atoms with Crippen molar-refractivity contribution in [2.45, 2.75) is 148 Å². The molecule has 0 unspecified atom stereocenters. The molecule has 39 heavy (non-hydrogen) atoms. The van der Waals surface area contributed by atoms with E-state index in [4.69, 9.17) is 5.10 Å². The van der Waals surface area contributed by atoms with Crippen LogP contribution >= 0.6 is 0 Å². The molecule has 4 saturated carbocycles. The van der Waals surface area contributed by atoms with Crippen LogP contribution in [0.25, 0.3) is 0 Å². The Morgan fingerprint density at radius 1 is 0.615 bits per heavy atom. The molecule has 0 bridgehead atoms. The quantitative estimate of drug-likeness (QED) is 0.292. The Morgan fingerprint density at radius 2 is 1.05 bits per heavy atom. The highest BCUT2D eigenvalue weighted by atomic mass is 15.3. The van der Waals surface area contributed by atoms with Gasteiger partial charge in [0, 0.05) is 48.4 Å². The normalized spacial score (nSPS) is 18.8. The molecule has 0 N–H and O–H groups in total. The number of aryl methyl sites for hydroxylation is 2. The Hall–Kier alpha value is -2.37. The zero-order valence-corrected chi connectivity index (χ0v) is 25.8. The standard InChI is InChI=1S/C12H18N2.C11H18N2.C10H16N2/c1-8(2)12-7-11(9-3-4-9)13-14(12)10-5-6-10;1-4-13-11(8(2)3)7-10(12-13)9-5-6-9;1-7(2)10-6-9(8-4-5-8)11-12(10)3/h7-10H,3-6H2,1-2H3;7-9H,4-6H2,1-3H3;6-8H,4-5H2,1-3H3. The molecule has 4 aliphatic rings. The Balaban J connectivity index is 0.000000119. The first-order chi connectivity index (χ1) is 18.7. The van der Waals surface area contributed by atoms with E-state index >= 15 is 0 Å². The van der Waals surface area contributed by atoms with Gasteiger partial charge in [0.2, 0.25) is 0 Å². The third-order valence-electron chi connectivity index (χ3n) is 8.50. The number of aromatic nitrogens is 6. The van der Waals surface area contributed by atoms with Crippen LogP contribution in [-0.4, -0.2) is 29.3 Å². The van der Waals surface area contributed by atoms with Gasteiger partial charge in [-0.05, 0) is 94.2 Å². The number of hydrogen-bond donors (Lipinski definition) is 0. The first kappa shape index (κ1) is 28.2. The van der Waals surface area contributed by atoms with Gasteiger partial charge in [-0.15, -0.1) is 0 Å². The second-order valence-corrected chi connectivity index (χ2v) is 13.4. The van der Waals surface area contributed by atoms with E-state index < -0.39 is 0 Å². The molecule has 3 aromatic rings. The fourth-order valence-corrected chi connectivity index (χ4v) is 5.42. The van der Waals surface area contributed by atoms with E-state index in [2.05, 4.69) is 86.2 Å². The summed E-state index contributed by atoms with van der Waals surface area (Å²) >= 11 is 0. The summed E-state index contributed by atoms with van der Waals surface area (Å²) in [5.74, 6) is 4.17. The van der Waals surface area contributed by atoms with E-state index in [0.717, 1.165) is 30.3 Å². The SMILES string of the molecule is CC(C)c1cc(C2CC2)nn1C.CC(C)c1cc(C2CC2)nn1C1CC1.CCn1nc(C2CC2)cc1C(C)C. The molecular formula is C33H52N6. The second kappa shape index (κ2) is 11.6. The van der Waals surface area contributed by atoms with Crippen molar-refractivity contribution in [3.05, 3.63) is 52.4 Å². The smallest absolute Gasteiger partial charge is 0.0658 e. The second-order valence-electron chi connectivity index (χ2n) is 13.4. The van der Waals surface area contributed by atoms with Crippen LogP contribution in [0.1, 0.15) is 176 Å². The predicted molar refractivity (Wildman–Crippen MR) is 160 cm³/mol. The third kappa shape index (κ3) is 7.05. The van der Waals surface area contributed by atoms with Crippen molar-refractivity contribution in [2.75, 3.05) is 0 Å². The van der Waals surface area contributed by atoms with Gasteiger partial charge < -0.3 is 0 Å². The molecule has 3 aromatic heterocycles. The third-order valence-corrected chi connectivity index (χ3v) is 8.50. The zero-order chi connectivity index (χ0) is 27.8. The van der Waals surface area contributed by atoms with Gasteiger partial charge in [0.15, 0.2) is 0 Å². The molecule has 3 heterocycles. The average molecular weight is 533 g/mol. The van der Waals surface area contributed by atoms with Crippen molar-refractivity contribution in [2.24, 2.45) is 7.05 Å². The fraction of sp³-hybridized carbons (Fsp3) is 0.727. The van der Waals surface area contributed by atoms with Gasteiger partial charge in [-0.1, -0.05) is 41.5 Å². The Morgan fingerprint density at radius 3 is 1.44 bits per heavy atom. The molecule has 0 saturated heterocycles. The minimum absolute atomic E-state index is 0.593. The number of rotatable bonds is 8. The Kier molecular flexibility index (Phi) is 8.40. The van der Waals surface area contributed by atoms with Crippen LogP contribution in [0, 0.1) is 0 Å². The van der Waals surface area contributed by atoms with E-state index in [0.29, 0.717) is 17.8 Å². The monoisotopic (exact) mass is 532 g/mol. The summed E-state index contributed by atoms with van der Waals surface area (Å²) in [5.41, 5.74) is 8.20. The fourth-order valence-electron chi connectivity index (χ4n) is 5.42. The van der Waals surface area contributed by atoms with Gasteiger partial charge in [-0.3, -0.25) is 14.0 Å². The molecule has 0 atom stereocenters. The summed E-state index contributed by atoms with van der Waals surface area (Å²) in [6, 6.07) is 7.65.